The molecule has 0 aliphatic heterocycles. The molecular formula is C32H30O2S3. The minimum absolute atomic E-state index is 0.155. The Morgan fingerprint density at radius 2 is 0.784 bits per heavy atom. The Balaban J connectivity index is 1.28. The number of hydrogen-bond donors (Lipinski definition) is 0. The summed E-state index contributed by atoms with van der Waals surface area (Å²) in [5, 5.41) is -0.408. The van der Waals surface area contributed by atoms with Crippen molar-refractivity contribution in [3.8, 4) is 0 Å². The Hall–Kier alpha value is -2.73. The van der Waals surface area contributed by atoms with E-state index in [0.29, 0.717) is 0 Å². The summed E-state index contributed by atoms with van der Waals surface area (Å²) in [5.41, 5.74) is 3.60. The first-order valence-electron chi connectivity index (χ1n) is 12.3. The maximum absolute atomic E-state index is 13.2. The summed E-state index contributed by atoms with van der Waals surface area (Å²) in [4.78, 5) is 26.5. The van der Waals surface area contributed by atoms with E-state index in [-0.39, 0.29) is 22.1 Å². The lowest BCUT2D eigenvalue weighted by Crippen LogP contribution is -2.11. The van der Waals surface area contributed by atoms with Gasteiger partial charge in [0.1, 0.15) is 0 Å². The first-order valence-corrected chi connectivity index (χ1v) is 15.6. The van der Waals surface area contributed by atoms with Crippen LogP contribution in [0.2, 0.25) is 0 Å². The Labute approximate surface area is 232 Å². The Morgan fingerprint density at radius 3 is 1.14 bits per heavy atom. The van der Waals surface area contributed by atoms with Gasteiger partial charge in [-0.3, -0.25) is 9.59 Å². The van der Waals surface area contributed by atoms with Crippen LogP contribution in [0.15, 0.2) is 121 Å². The monoisotopic (exact) mass is 542 g/mol. The number of carbonyl (C=O) groups excluding carboxylic acids is 2. The molecule has 4 rings (SSSR count). The molecular weight excluding hydrogens is 513 g/mol. The summed E-state index contributed by atoms with van der Waals surface area (Å²) >= 11 is 5.30. The average Bonchev–Trinajstić information content (AvgIpc) is 2.97. The molecule has 0 saturated heterocycles. The first kappa shape index (κ1) is 27.3. The van der Waals surface area contributed by atoms with Crippen LogP contribution in [0.4, 0.5) is 0 Å². The normalized spacial score (nSPS) is 12.5. The van der Waals surface area contributed by atoms with Gasteiger partial charge in [-0.05, 0) is 11.1 Å². The van der Waals surface area contributed by atoms with Crippen molar-refractivity contribution in [3.05, 3.63) is 144 Å². The van der Waals surface area contributed by atoms with E-state index in [0.717, 1.165) is 45.3 Å². The maximum Gasteiger partial charge on any atom is 0.180 e. The van der Waals surface area contributed by atoms with Crippen LogP contribution in [0.3, 0.4) is 0 Å². The minimum Gasteiger partial charge on any atom is -0.293 e. The summed E-state index contributed by atoms with van der Waals surface area (Å²) in [7, 11) is 0. The van der Waals surface area contributed by atoms with Crippen LogP contribution in [-0.4, -0.2) is 34.6 Å². The molecule has 2 atom stereocenters. The summed E-state index contributed by atoms with van der Waals surface area (Å²) in [6.45, 7) is 0. The van der Waals surface area contributed by atoms with Gasteiger partial charge in [0.2, 0.25) is 0 Å². The quantitative estimate of drug-likeness (QED) is 0.118. The molecule has 0 heterocycles. The van der Waals surface area contributed by atoms with E-state index in [9.17, 15) is 9.59 Å². The van der Waals surface area contributed by atoms with E-state index in [2.05, 4.69) is 0 Å². The predicted molar refractivity (Wildman–Crippen MR) is 162 cm³/mol. The number of benzene rings is 4. The van der Waals surface area contributed by atoms with Crippen LogP contribution in [0.5, 0.6) is 0 Å². The van der Waals surface area contributed by atoms with Gasteiger partial charge in [-0.25, -0.2) is 0 Å². The van der Waals surface area contributed by atoms with Gasteiger partial charge >= 0.3 is 0 Å². The molecule has 2 unspecified atom stereocenters. The fourth-order valence-corrected chi connectivity index (χ4v) is 7.62. The lowest BCUT2D eigenvalue weighted by atomic mass is 10.0. The lowest BCUT2D eigenvalue weighted by molar-refractivity contribution is 0.0981. The second kappa shape index (κ2) is 14.9. The molecule has 4 aromatic rings. The van der Waals surface area contributed by atoms with E-state index in [1.807, 2.05) is 133 Å². The third-order valence-electron chi connectivity index (χ3n) is 5.82. The second-order valence-electron chi connectivity index (χ2n) is 8.40. The van der Waals surface area contributed by atoms with Gasteiger partial charge < -0.3 is 0 Å². The zero-order valence-electron chi connectivity index (χ0n) is 20.6. The van der Waals surface area contributed by atoms with Crippen molar-refractivity contribution >= 4 is 46.9 Å². The Morgan fingerprint density at radius 1 is 0.459 bits per heavy atom. The van der Waals surface area contributed by atoms with E-state index < -0.39 is 0 Å². The average molecular weight is 543 g/mol. The van der Waals surface area contributed by atoms with E-state index in [4.69, 9.17) is 0 Å². The van der Waals surface area contributed by atoms with Crippen molar-refractivity contribution < 1.29 is 9.59 Å². The number of Topliss-reactive ketones (excluding diaryl/α,β-unsaturated/α-hetero) is 2. The van der Waals surface area contributed by atoms with Crippen LogP contribution in [-0.2, 0) is 0 Å². The topological polar surface area (TPSA) is 34.1 Å². The zero-order chi connectivity index (χ0) is 25.7. The summed E-state index contributed by atoms with van der Waals surface area (Å²) in [6.07, 6.45) is 0. The van der Waals surface area contributed by atoms with Crippen molar-refractivity contribution in [1.82, 2.24) is 0 Å². The van der Waals surface area contributed by atoms with Gasteiger partial charge in [-0.1, -0.05) is 121 Å². The predicted octanol–water partition coefficient (Wildman–Crippen LogP) is 8.43. The first-order chi connectivity index (χ1) is 18.2. The molecule has 0 radical (unpaired) electrons. The number of thioether (sulfide) groups is 3. The Bertz CT molecular complexity index is 1130. The summed E-state index contributed by atoms with van der Waals surface area (Å²) in [6, 6.07) is 39.2. The number of carbonyl (C=O) groups is 2. The second-order valence-corrected chi connectivity index (χ2v) is 12.0. The molecule has 0 aliphatic carbocycles. The van der Waals surface area contributed by atoms with Crippen molar-refractivity contribution in [2.75, 3.05) is 23.0 Å². The molecule has 0 aromatic heterocycles. The number of ketones is 2. The van der Waals surface area contributed by atoms with Crippen LogP contribution in [0.25, 0.3) is 0 Å². The standard InChI is InChI=1S/C32H30O2S3/c33-29(25-13-5-1-6-14-25)31(27-17-9-3-10-18-27)36-23-21-35-22-24-37-32(28-19-11-4-12-20-28)30(34)26-15-7-2-8-16-26/h1-20,31-32H,21-24H2. The molecule has 0 amide bonds. The number of hydrogen-bond acceptors (Lipinski definition) is 5. The van der Waals surface area contributed by atoms with Gasteiger partial charge in [0, 0.05) is 34.1 Å². The zero-order valence-corrected chi connectivity index (χ0v) is 23.0. The number of rotatable bonds is 14. The van der Waals surface area contributed by atoms with Gasteiger partial charge in [0.15, 0.2) is 11.6 Å². The van der Waals surface area contributed by atoms with Crippen molar-refractivity contribution in [2.24, 2.45) is 0 Å². The molecule has 0 spiro atoms. The summed E-state index contributed by atoms with van der Waals surface area (Å²) in [5.74, 6) is 4.00. The lowest BCUT2D eigenvalue weighted by Gasteiger charge is -2.17. The largest absolute Gasteiger partial charge is 0.293 e. The van der Waals surface area contributed by atoms with E-state index in [1.54, 1.807) is 23.5 Å². The fraction of sp³-hybridized carbons (Fsp3) is 0.188. The SMILES string of the molecule is O=C(c1ccccc1)C(SCCSCCSC(C(=O)c1ccccc1)c1ccccc1)c1ccccc1. The van der Waals surface area contributed by atoms with Crippen LogP contribution in [0.1, 0.15) is 42.3 Å². The highest BCUT2D eigenvalue weighted by Gasteiger charge is 2.23. The van der Waals surface area contributed by atoms with Crippen LogP contribution >= 0.6 is 35.3 Å². The molecule has 5 heteroatoms. The minimum atomic E-state index is -0.204. The smallest absolute Gasteiger partial charge is 0.180 e. The van der Waals surface area contributed by atoms with Crippen molar-refractivity contribution in [2.45, 2.75) is 10.5 Å². The highest BCUT2D eigenvalue weighted by molar-refractivity contribution is 8.05. The molecule has 4 aromatic carbocycles. The van der Waals surface area contributed by atoms with Gasteiger partial charge in [0.05, 0.1) is 10.5 Å². The third kappa shape index (κ3) is 8.13. The molecule has 188 valence electrons. The Kier molecular flexibility index (Phi) is 11.0. The molecule has 2 nitrogen and oxygen atoms in total. The molecule has 0 saturated carbocycles. The van der Waals surface area contributed by atoms with Crippen LogP contribution in [0, 0.1) is 0 Å². The molecule has 0 aliphatic rings. The van der Waals surface area contributed by atoms with Gasteiger partial charge in [-0.2, -0.15) is 11.8 Å². The van der Waals surface area contributed by atoms with E-state index >= 15 is 0 Å². The summed E-state index contributed by atoms with van der Waals surface area (Å²) < 4.78 is 0. The highest BCUT2D eigenvalue weighted by Crippen LogP contribution is 2.34. The van der Waals surface area contributed by atoms with E-state index in [1.165, 1.54) is 0 Å². The fourth-order valence-electron chi connectivity index (χ4n) is 3.96. The van der Waals surface area contributed by atoms with Gasteiger partial charge in [-0.15, -0.1) is 23.5 Å². The molecule has 37 heavy (non-hydrogen) atoms. The molecule has 0 bridgehead atoms. The van der Waals surface area contributed by atoms with Crippen LogP contribution < -0.4 is 0 Å². The maximum atomic E-state index is 13.2. The highest BCUT2D eigenvalue weighted by atomic mass is 32.2. The van der Waals surface area contributed by atoms with Crippen molar-refractivity contribution in [3.63, 3.8) is 0 Å². The molecule has 0 fully saturated rings. The van der Waals surface area contributed by atoms with Crippen molar-refractivity contribution in [1.29, 1.82) is 0 Å². The molecule has 0 N–H and O–H groups in total. The third-order valence-corrected chi connectivity index (χ3v) is 9.84. The van der Waals surface area contributed by atoms with Gasteiger partial charge in [0.25, 0.3) is 0 Å².